The molecule has 0 saturated heterocycles. The SMILES string of the molecule is O=C(NCc1ccc2c(c1)OCO2)C(=O)Nc1ccc2c(c1)N(C(=O)C1CC1)CCC2. The molecule has 3 aliphatic rings. The highest BCUT2D eigenvalue weighted by Crippen LogP contribution is 2.37. The van der Waals surface area contributed by atoms with Gasteiger partial charge in [0, 0.05) is 30.4 Å². The Morgan fingerprint density at radius 2 is 1.84 bits per heavy atom. The summed E-state index contributed by atoms with van der Waals surface area (Å²) in [6.45, 7) is 1.06. The Balaban J connectivity index is 1.22. The van der Waals surface area contributed by atoms with Crippen molar-refractivity contribution in [2.75, 3.05) is 23.6 Å². The van der Waals surface area contributed by atoms with Crippen molar-refractivity contribution in [3.63, 3.8) is 0 Å². The van der Waals surface area contributed by atoms with Gasteiger partial charge in [-0.3, -0.25) is 14.4 Å². The highest BCUT2D eigenvalue weighted by molar-refractivity contribution is 6.39. The van der Waals surface area contributed by atoms with Gasteiger partial charge in [0.2, 0.25) is 12.7 Å². The average molecular weight is 421 g/mol. The second kappa shape index (κ2) is 7.94. The summed E-state index contributed by atoms with van der Waals surface area (Å²) in [5.74, 6) is 0.0833. The third kappa shape index (κ3) is 4.05. The lowest BCUT2D eigenvalue weighted by atomic mass is 10.0. The first kappa shape index (κ1) is 19.4. The van der Waals surface area contributed by atoms with Gasteiger partial charge in [-0.15, -0.1) is 0 Å². The van der Waals surface area contributed by atoms with Gasteiger partial charge in [0.25, 0.3) is 0 Å². The largest absolute Gasteiger partial charge is 0.454 e. The lowest BCUT2D eigenvalue weighted by Crippen LogP contribution is -2.37. The van der Waals surface area contributed by atoms with Crippen LogP contribution in [0.2, 0.25) is 0 Å². The summed E-state index contributed by atoms with van der Waals surface area (Å²) < 4.78 is 10.6. The summed E-state index contributed by atoms with van der Waals surface area (Å²) in [5.41, 5.74) is 3.22. The molecule has 5 rings (SSSR count). The van der Waals surface area contributed by atoms with Gasteiger partial charge < -0.3 is 25.0 Å². The molecule has 0 spiro atoms. The van der Waals surface area contributed by atoms with E-state index in [1.54, 1.807) is 30.3 Å². The minimum atomic E-state index is -0.753. The highest BCUT2D eigenvalue weighted by Gasteiger charge is 2.35. The maximum atomic E-state index is 12.6. The summed E-state index contributed by atoms with van der Waals surface area (Å²) in [4.78, 5) is 39.1. The number of nitrogens with zero attached hydrogens (tertiary/aromatic N) is 1. The normalized spacial score (nSPS) is 16.5. The van der Waals surface area contributed by atoms with Crippen LogP contribution in [0.1, 0.15) is 30.4 Å². The summed E-state index contributed by atoms with van der Waals surface area (Å²) in [6, 6.07) is 10.8. The van der Waals surface area contributed by atoms with E-state index in [9.17, 15) is 14.4 Å². The standard InChI is InChI=1S/C23H23N3O5/c27-21(24-12-14-3-8-19-20(10-14)31-13-30-19)22(28)25-17-7-6-15-2-1-9-26(18(15)11-17)23(29)16-4-5-16/h3,6-8,10-11,16H,1-2,4-5,9,12-13H2,(H,24,27)(H,25,28). The van der Waals surface area contributed by atoms with Crippen molar-refractivity contribution in [2.45, 2.75) is 32.2 Å². The fourth-order valence-corrected chi connectivity index (χ4v) is 3.93. The number of carbonyl (C=O) groups excluding carboxylic acids is 3. The molecule has 0 radical (unpaired) electrons. The number of carbonyl (C=O) groups is 3. The fraction of sp³-hybridized carbons (Fsp3) is 0.348. The predicted molar refractivity (Wildman–Crippen MR) is 113 cm³/mol. The number of fused-ring (bicyclic) bond motifs is 2. The van der Waals surface area contributed by atoms with Crippen molar-refractivity contribution in [1.82, 2.24) is 5.32 Å². The van der Waals surface area contributed by atoms with E-state index < -0.39 is 11.8 Å². The molecule has 1 fully saturated rings. The van der Waals surface area contributed by atoms with Crippen LogP contribution in [0.15, 0.2) is 36.4 Å². The fourth-order valence-electron chi connectivity index (χ4n) is 3.93. The van der Waals surface area contributed by atoms with E-state index in [0.29, 0.717) is 23.7 Å². The van der Waals surface area contributed by atoms with Crippen LogP contribution in [-0.4, -0.2) is 31.1 Å². The van der Waals surface area contributed by atoms with E-state index in [-0.39, 0.29) is 25.2 Å². The number of hydrogen-bond donors (Lipinski definition) is 2. The average Bonchev–Trinajstić information content (AvgIpc) is 3.53. The molecule has 160 valence electrons. The maximum Gasteiger partial charge on any atom is 0.313 e. The third-order valence-corrected chi connectivity index (χ3v) is 5.75. The second-order valence-electron chi connectivity index (χ2n) is 8.04. The van der Waals surface area contributed by atoms with Crippen LogP contribution in [0, 0.1) is 5.92 Å². The van der Waals surface area contributed by atoms with Crippen molar-refractivity contribution in [3.8, 4) is 11.5 Å². The molecule has 2 N–H and O–H groups in total. The van der Waals surface area contributed by atoms with Gasteiger partial charge >= 0.3 is 11.8 Å². The van der Waals surface area contributed by atoms with Crippen LogP contribution in [0.4, 0.5) is 11.4 Å². The second-order valence-corrected chi connectivity index (χ2v) is 8.04. The van der Waals surface area contributed by atoms with E-state index in [0.717, 1.165) is 42.5 Å². The molecule has 2 heterocycles. The summed E-state index contributed by atoms with van der Waals surface area (Å²) >= 11 is 0. The molecule has 2 aromatic rings. The Morgan fingerprint density at radius 1 is 1.00 bits per heavy atom. The molecule has 0 aromatic heterocycles. The lowest BCUT2D eigenvalue weighted by Gasteiger charge is -2.30. The Morgan fingerprint density at radius 3 is 2.68 bits per heavy atom. The molecular formula is C23H23N3O5. The van der Waals surface area contributed by atoms with Crippen LogP contribution >= 0.6 is 0 Å². The number of benzene rings is 2. The molecule has 0 bridgehead atoms. The quantitative estimate of drug-likeness (QED) is 0.739. The Bertz CT molecular complexity index is 1060. The zero-order valence-electron chi connectivity index (χ0n) is 17.0. The maximum absolute atomic E-state index is 12.6. The van der Waals surface area contributed by atoms with E-state index in [4.69, 9.17) is 9.47 Å². The van der Waals surface area contributed by atoms with Crippen LogP contribution < -0.4 is 25.0 Å². The van der Waals surface area contributed by atoms with E-state index in [1.165, 1.54) is 0 Å². The number of hydrogen-bond acceptors (Lipinski definition) is 5. The van der Waals surface area contributed by atoms with Gasteiger partial charge in [-0.1, -0.05) is 12.1 Å². The summed E-state index contributed by atoms with van der Waals surface area (Å²) in [6.07, 6.45) is 3.72. The number of aryl methyl sites for hydroxylation is 1. The zero-order chi connectivity index (χ0) is 21.4. The lowest BCUT2D eigenvalue weighted by molar-refractivity contribution is -0.136. The number of amides is 3. The third-order valence-electron chi connectivity index (χ3n) is 5.75. The Labute approximate surface area is 179 Å². The van der Waals surface area contributed by atoms with Gasteiger partial charge in [-0.25, -0.2) is 0 Å². The molecule has 2 aromatic carbocycles. The minimum Gasteiger partial charge on any atom is -0.454 e. The molecule has 0 unspecified atom stereocenters. The molecule has 3 amide bonds. The first-order valence-corrected chi connectivity index (χ1v) is 10.5. The first-order chi connectivity index (χ1) is 15.1. The number of anilines is 2. The van der Waals surface area contributed by atoms with E-state index >= 15 is 0 Å². The van der Waals surface area contributed by atoms with Gasteiger partial charge in [0.15, 0.2) is 11.5 Å². The van der Waals surface area contributed by atoms with Crippen LogP contribution in [0.3, 0.4) is 0 Å². The first-order valence-electron chi connectivity index (χ1n) is 10.5. The van der Waals surface area contributed by atoms with Crippen molar-refractivity contribution < 1.29 is 23.9 Å². The monoisotopic (exact) mass is 421 g/mol. The van der Waals surface area contributed by atoms with Crippen LogP contribution in [-0.2, 0) is 27.3 Å². The Hall–Kier alpha value is -3.55. The number of nitrogens with one attached hydrogen (secondary N) is 2. The molecule has 8 nitrogen and oxygen atoms in total. The minimum absolute atomic E-state index is 0.131. The van der Waals surface area contributed by atoms with E-state index in [1.807, 2.05) is 11.0 Å². The zero-order valence-corrected chi connectivity index (χ0v) is 17.0. The van der Waals surface area contributed by atoms with Crippen LogP contribution in [0.5, 0.6) is 11.5 Å². The van der Waals surface area contributed by atoms with E-state index in [2.05, 4.69) is 10.6 Å². The molecular weight excluding hydrogens is 398 g/mol. The van der Waals surface area contributed by atoms with Gasteiger partial charge in [-0.2, -0.15) is 0 Å². The summed E-state index contributed by atoms with van der Waals surface area (Å²) in [5, 5.41) is 5.25. The molecule has 1 aliphatic carbocycles. The van der Waals surface area contributed by atoms with Crippen molar-refractivity contribution >= 4 is 29.1 Å². The number of rotatable bonds is 4. The smallest absolute Gasteiger partial charge is 0.313 e. The van der Waals surface area contributed by atoms with Crippen LogP contribution in [0.25, 0.3) is 0 Å². The van der Waals surface area contributed by atoms with Crippen molar-refractivity contribution in [1.29, 1.82) is 0 Å². The Kier molecular flexibility index (Phi) is 4.97. The molecule has 2 aliphatic heterocycles. The molecule has 0 atom stereocenters. The molecule has 1 saturated carbocycles. The number of ether oxygens (including phenoxy) is 2. The van der Waals surface area contributed by atoms with Crippen molar-refractivity contribution in [2.24, 2.45) is 5.92 Å². The topological polar surface area (TPSA) is 97.0 Å². The molecule has 31 heavy (non-hydrogen) atoms. The van der Waals surface area contributed by atoms with Gasteiger partial charge in [0.05, 0.1) is 0 Å². The molecule has 8 heteroatoms. The predicted octanol–water partition coefficient (Wildman–Crippen LogP) is 2.36. The van der Waals surface area contributed by atoms with Gasteiger partial charge in [0.1, 0.15) is 0 Å². The van der Waals surface area contributed by atoms with Crippen molar-refractivity contribution in [3.05, 3.63) is 47.5 Å². The summed E-state index contributed by atoms with van der Waals surface area (Å²) in [7, 11) is 0. The van der Waals surface area contributed by atoms with Gasteiger partial charge in [-0.05, 0) is 61.1 Å². The highest BCUT2D eigenvalue weighted by atomic mass is 16.7.